The molecule has 2 N–H and O–H groups in total. The van der Waals surface area contributed by atoms with Gasteiger partial charge >= 0.3 is 0 Å². The first-order valence-electron chi connectivity index (χ1n) is 6.36. The normalized spacial score (nSPS) is 11.5. The summed E-state index contributed by atoms with van der Waals surface area (Å²) in [4.78, 5) is 0. The molecule has 0 saturated heterocycles. The molecule has 0 atom stereocenters. The average molecular weight is 311 g/mol. The van der Waals surface area contributed by atoms with Crippen LogP contribution in [0.2, 0.25) is 0 Å². The number of furan rings is 1. The molecule has 0 fully saturated rings. The molecule has 0 radical (unpaired) electrons. The van der Waals surface area contributed by atoms with Gasteiger partial charge in [0.2, 0.25) is 5.09 Å². The van der Waals surface area contributed by atoms with E-state index in [1.807, 2.05) is 12.1 Å². The SMILES string of the molecule is COCCc1ccccc1NS(=O)(=O)c1ccc(CO)o1. The third-order valence-corrected chi connectivity index (χ3v) is 4.13. The van der Waals surface area contributed by atoms with Crippen LogP contribution in [0.15, 0.2) is 45.9 Å². The Labute approximate surface area is 123 Å². The monoisotopic (exact) mass is 311 g/mol. The number of rotatable bonds is 7. The third kappa shape index (κ3) is 3.84. The number of ether oxygens (including phenoxy) is 1. The first-order chi connectivity index (χ1) is 10.1. The second-order valence-corrected chi connectivity index (χ2v) is 6.00. The van der Waals surface area contributed by atoms with Crippen LogP contribution in [0.25, 0.3) is 0 Å². The largest absolute Gasteiger partial charge is 0.445 e. The van der Waals surface area contributed by atoms with Gasteiger partial charge in [-0.3, -0.25) is 4.72 Å². The number of anilines is 1. The van der Waals surface area contributed by atoms with Crippen LogP contribution < -0.4 is 4.72 Å². The molecular formula is C14H17NO5S. The summed E-state index contributed by atoms with van der Waals surface area (Å²) in [6.07, 6.45) is 0.592. The van der Waals surface area contributed by atoms with Crippen molar-refractivity contribution in [2.45, 2.75) is 18.1 Å². The number of nitrogens with one attached hydrogen (secondary N) is 1. The highest BCUT2D eigenvalue weighted by Gasteiger charge is 2.20. The predicted octanol–water partition coefficient (Wildman–Crippen LogP) is 1.76. The molecule has 0 amide bonds. The van der Waals surface area contributed by atoms with Gasteiger partial charge in [0.25, 0.3) is 10.0 Å². The van der Waals surface area contributed by atoms with E-state index >= 15 is 0 Å². The number of para-hydroxylation sites is 1. The van der Waals surface area contributed by atoms with Crippen molar-refractivity contribution in [1.29, 1.82) is 0 Å². The molecule has 0 aliphatic rings. The Bertz CT molecular complexity index is 693. The lowest BCUT2D eigenvalue weighted by Gasteiger charge is -2.11. The van der Waals surface area contributed by atoms with Crippen molar-refractivity contribution < 1.29 is 22.7 Å². The van der Waals surface area contributed by atoms with Crippen molar-refractivity contribution in [3.63, 3.8) is 0 Å². The Morgan fingerprint density at radius 2 is 2.00 bits per heavy atom. The lowest BCUT2D eigenvalue weighted by atomic mass is 10.1. The second kappa shape index (κ2) is 6.75. The first kappa shape index (κ1) is 15.6. The molecular weight excluding hydrogens is 294 g/mol. The third-order valence-electron chi connectivity index (χ3n) is 2.89. The second-order valence-electron chi connectivity index (χ2n) is 4.38. The number of methoxy groups -OCH3 is 1. The van der Waals surface area contributed by atoms with Crippen molar-refractivity contribution >= 4 is 15.7 Å². The molecule has 1 aromatic carbocycles. The summed E-state index contributed by atoms with van der Waals surface area (Å²) in [7, 11) is -2.23. The number of hydrogen-bond donors (Lipinski definition) is 2. The van der Waals surface area contributed by atoms with E-state index in [0.29, 0.717) is 18.7 Å². The lowest BCUT2D eigenvalue weighted by Crippen LogP contribution is -2.14. The maximum absolute atomic E-state index is 12.2. The van der Waals surface area contributed by atoms with E-state index < -0.39 is 10.0 Å². The van der Waals surface area contributed by atoms with Crippen LogP contribution in [-0.2, 0) is 27.8 Å². The first-order valence-corrected chi connectivity index (χ1v) is 7.84. The fourth-order valence-electron chi connectivity index (χ4n) is 1.83. The van der Waals surface area contributed by atoms with Gasteiger partial charge in [0, 0.05) is 7.11 Å². The molecule has 1 aromatic heterocycles. The molecule has 2 aromatic rings. The minimum absolute atomic E-state index is 0.197. The Balaban J connectivity index is 2.24. The molecule has 2 rings (SSSR count). The van der Waals surface area contributed by atoms with Crippen molar-refractivity contribution in [3.8, 4) is 0 Å². The predicted molar refractivity (Wildman–Crippen MR) is 77.5 cm³/mol. The van der Waals surface area contributed by atoms with Gasteiger partial charge in [-0.15, -0.1) is 0 Å². The molecule has 0 bridgehead atoms. The smallest absolute Gasteiger partial charge is 0.295 e. The molecule has 114 valence electrons. The highest BCUT2D eigenvalue weighted by Crippen LogP contribution is 2.22. The number of benzene rings is 1. The highest BCUT2D eigenvalue weighted by atomic mass is 32.2. The van der Waals surface area contributed by atoms with Gasteiger partial charge in [0.05, 0.1) is 12.3 Å². The van der Waals surface area contributed by atoms with Crippen molar-refractivity contribution in [3.05, 3.63) is 47.7 Å². The summed E-state index contributed by atoms with van der Waals surface area (Å²) in [5.74, 6) is 0.197. The maximum atomic E-state index is 12.2. The Hall–Kier alpha value is -1.83. The summed E-state index contributed by atoms with van der Waals surface area (Å²) >= 11 is 0. The van der Waals surface area contributed by atoms with Crippen molar-refractivity contribution in [2.24, 2.45) is 0 Å². The number of sulfonamides is 1. The number of aliphatic hydroxyl groups is 1. The van der Waals surface area contributed by atoms with E-state index in [1.165, 1.54) is 12.1 Å². The van der Waals surface area contributed by atoms with Crippen LogP contribution in [0.3, 0.4) is 0 Å². The van der Waals surface area contributed by atoms with Crippen LogP contribution in [0, 0.1) is 0 Å². The maximum Gasteiger partial charge on any atom is 0.295 e. The van der Waals surface area contributed by atoms with Gasteiger partial charge < -0.3 is 14.3 Å². The lowest BCUT2D eigenvalue weighted by molar-refractivity contribution is 0.202. The number of hydrogen-bond acceptors (Lipinski definition) is 5. The Kier molecular flexibility index (Phi) is 5.00. The minimum atomic E-state index is -3.82. The van der Waals surface area contributed by atoms with Gasteiger partial charge in [0.15, 0.2) is 0 Å². The van der Waals surface area contributed by atoms with Crippen LogP contribution >= 0.6 is 0 Å². The summed E-state index contributed by atoms with van der Waals surface area (Å²) in [5, 5.41) is 8.70. The molecule has 21 heavy (non-hydrogen) atoms. The van der Waals surface area contributed by atoms with E-state index in [4.69, 9.17) is 14.3 Å². The van der Waals surface area contributed by atoms with E-state index in [0.717, 1.165) is 5.56 Å². The standard InChI is InChI=1S/C14H17NO5S/c1-19-9-8-11-4-2-3-5-13(11)15-21(17,18)14-7-6-12(10-16)20-14/h2-7,15-16H,8-10H2,1H3. The topological polar surface area (TPSA) is 88.8 Å². The molecule has 0 spiro atoms. The van der Waals surface area contributed by atoms with Gasteiger partial charge in [-0.25, -0.2) is 0 Å². The zero-order valence-corrected chi connectivity index (χ0v) is 12.4. The number of aliphatic hydroxyl groups excluding tert-OH is 1. The van der Waals surface area contributed by atoms with E-state index in [-0.39, 0.29) is 17.5 Å². The molecule has 7 heteroatoms. The molecule has 0 aliphatic carbocycles. The summed E-state index contributed by atoms with van der Waals surface area (Å²) in [6, 6.07) is 9.82. The molecule has 0 unspecified atom stereocenters. The van der Waals surface area contributed by atoms with E-state index in [2.05, 4.69) is 4.72 Å². The summed E-state index contributed by atoms with van der Waals surface area (Å²) in [5.41, 5.74) is 1.31. The van der Waals surface area contributed by atoms with E-state index in [9.17, 15) is 8.42 Å². The molecule has 0 aliphatic heterocycles. The van der Waals surface area contributed by atoms with Gasteiger partial charge in [-0.1, -0.05) is 18.2 Å². The molecule has 0 saturated carbocycles. The van der Waals surface area contributed by atoms with Gasteiger partial charge in [-0.2, -0.15) is 8.42 Å². The Morgan fingerprint density at radius 1 is 1.24 bits per heavy atom. The fraction of sp³-hybridized carbons (Fsp3) is 0.286. The Morgan fingerprint density at radius 3 is 2.67 bits per heavy atom. The molecule has 6 nitrogen and oxygen atoms in total. The van der Waals surface area contributed by atoms with Crippen LogP contribution in [0.4, 0.5) is 5.69 Å². The zero-order valence-electron chi connectivity index (χ0n) is 11.6. The van der Waals surface area contributed by atoms with Gasteiger partial charge in [0.1, 0.15) is 12.4 Å². The van der Waals surface area contributed by atoms with E-state index in [1.54, 1.807) is 19.2 Å². The van der Waals surface area contributed by atoms with Gasteiger partial charge in [-0.05, 0) is 30.2 Å². The fourth-order valence-corrected chi connectivity index (χ4v) is 2.89. The van der Waals surface area contributed by atoms with Crippen LogP contribution in [0.1, 0.15) is 11.3 Å². The van der Waals surface area contributed by atoms with Crippen molar-refractivity contribution in [2.75, 3.05) is 18.4 Å². The summed E-state index contributed by atoms with van der Waals surface area (Å²) < 4.78 is 37.0. The highest BCUT2D eigenvalue weighted by molar-refractivity contribution is 7.92. The molecule has 1 heterocycles. The zero-order chi connectivity index (χ0) is 15.3. The van der Waals surface area contributed by atoms with Crippen molar-refractivity contribution in [1.82, 2.24) is 0 Å². The summed E-state index contributed by atoms with van der Waals surface area (Å²) in [6.45, 7) is 0.147. The van der Waals surface area contributed by atoms with Crippen LogP contribution in [0.5, 0.6) is 0 Å². The average Bonchev–Trinajstić information content (AvgIpc) is 2.96. The minimum Gasteiger partial charge on any atom is -0.445 e. The quantitative estimate of drug-likeness (QED) is 0.813. The van der Waals surface area contributed by atoms with Crippen LogP contribution in [-0.4, -0.2) is 27.2 Å².